The molecule has 3 rings (SSSR count). The van der Waals surface area contributed by atoms with Crippen molar-refractivity contribution in [1.82, 2.24) is 0 Å². The molecule has 1 N–H and O–H groups in total. The Morgan fingerprint density at radius 3 is 1.56 bits per heavy atom. The molecule has 27 heavy (non-hydrogen) atoms. The molecule has 0 heterocycles. The van der Waals surface area contributed by atoms with Crippen LogP contribution in [0.15, 0.2) is 91.0 Å². The Labute approximate surface area is 161 Å². The summed E-state index contributed by atoms with van der Waals surface area (Å²) in [5.41, 5.74) is 3.44. The maximum absolute atomic E-state index is 10.6. The molecule has 0 spiro atoms. The van der Waals surface area contributed by atoms with Gasteiger partial charge in [0, 0.05) is 11.6 Å². The monoisotopic (exact) mass is 378 g/mol. The SMILES string of the molecule is O=C(O)OPCCCC(c1ccccc1)(c1ccccc1)c1ccccc1. The molecule has 0 saturated carbocycles. The van der Waals surface area contributed by atoms with Crippen LogP contribution in [0.5, 0.6) is 0 Å². The maximum atomic E-state index is 10.6. The lowest BCUT2D eigenvalue weighted by atomic mass is 9.67. The summed E-state index contributed by atoms with van der Waals surface area (Å²) in [6, 6.07) is 31.6. The van der Waals surface area contributed by atoms with E-state index in [4.69, 9.17) is 9.63 Å². The third kappa shape index (κ3) is 4.56. The Morgan fingerprint density at radius 2 is 1.19 bits per heavy atom. The van der Waals surface area contributed by atoms with Gasteiger partial charge < -0.3 is 9.63 Å². The summed E-state index contributed by atoms with van der Waals surface area (Å²) in [6.45, 7) is 0. The van der Waals surface area contributed by atoms with Gasteiger partial charge in [-0.2, -0.15) is 0 Å². The molecule has 0 aromatic heterocycles. The average molecular weight is 378 g/mol. The van der Waals surface area contributed by atoms with E-state index < -0.39 is 6.16 Å². The van der Waals surface area contributed by atoms with Gasteiger partial charge >= 0.3 is 6.16 Å². The highest BCUT2D eigenvalue weighted by Crippen LogP contribution is 2.43. The largest absolute Gasteiger partial charge is 0.508 e. The van der Waals surface area contributed by atoms with Crippen LogP contribution in [-0.2, 0) is 9.94 Å². The Bertz CT molecular complexity index is 739. The second kappa shape index (κ2) is 9.34. The van der Waals surface area contributed by atoms with E-state index in [9.17, 15) is 4.79 Å². The van der Waals surface area contributed by atoms with Gasteiger partial charge in [0.15, 0.2) is 0 Å². The molecule has 1 unspecified atom stereocenters. The van der Waals surface area contributed by atoms with Crippen LogP contribution in [0.2, 0.25) is 0 Å². The summed E-state index contributed by atoms with van der Waals surface area (Å²) in [5.74, 6) is 0. The van der Waals surface area contributed by atoms with Gasteiger partial charge in [0.25, 0.3) is 0 Å². The van der Waals surface area contributed by atoms with Crippen molar-refractivity contribution in [1.29, 1.82) is 0 Å². The molecule has 4 heteroatoms. The van der Waals surface area contributed by atoms with E-state index >= 15 is 0 Å². The molecule has 0 fully saturated rings. The Kier molecular flexibility index (Phi) is 6.62. The van der Waals surface area contributed by atoms with Gasteiger partial charge in [-0.25, -0.2) is 4.79 Å². The van der Waals surface area contributed by atoms with Gasteiger partial charge in [0.2, 0.25) is 0 Å². The molecule has 3 aromatic rings. The number of carbonyl (C=O) groups is 1. The van der Waals surface area contributed by atoms with Crippen molar-refractivity contribution in [2.75, 3.05) is 6.16 Å². The summed E-state index contributed by atoms with van der Waals surface area (Å²) in [7, 11) is -0.0281. The summed E-state index contributed by atoms with van der Waals surface area (Å²) in [5, 5.41) is 8.69. The highest BCUT2D eigenvalue weighted by Gasteiger charge is 2.35. The van der Waals surface area contributed by atoms with Crippen LogP contribution in [0, 0.1) is 0 Å². The minimum absolute atomic E-state index is 0.0281. The number of hydrogen-bond donors (Lipinski definition) is 1. The van der Waals surface area contributed by atoms with Crippen molar-refractivity contribution < 1.29 is 14.4 Å². The predicted octanol–water partition coefficient (Wildman–Crippen LogP) is 6.09. The van der Waals surface area contributed by atoms with Crippen molar-refractivity contribution in [3.05, 3.63) is 108 Å². The lowest BCUT2D eigenvalue weighted by Crippen LogP contribution is -2.29. The molecule has 0 amide bonds. The molecule has 0 aliphatic heterocycles. The van der Waals surface area contributed by atoms with Crippen LogP contribution >= 0.6 is 8.81 Å². The number of carboxylic acid groups (broad SMARTS) is 1. The second-order valence-corrected chi connectivity index (χ2v) is 7.36. The molecular weight excluding hydrogens is 355 g/mol. The molecule has 138 valence electrons. The molecule has 3 aromatic carbocycles. The zero-order valence-electron chi connectivity index (χ0n) is 15.0. The molecule has 0 saturated heterocycles. The average Bonchev–Trinajstić information content (AvgIpc) is 2.73. The lowest BCUT2D eigenvalue weighted by Gasteiger charge is -2.36. The quantitative estimate of drug-likeness (QED) is 0.293. The van der Waals surface area contributed by atoms with E-state index in [1.807, 2.05) is 18.2 Å². The van der Waals surface area contributed by atoms with E-state index in [0.29, 0.717) is 0 Å². The summed E-state index contributed by atoms with van der Waals surface area (Å²) in [6.07, 6.45) is 1.26. The summed E-state index contributed by atoms with van der Waals surface area (Å²) >= 11 is 0. The van der Waals surface area contributed by atoms with Crippen LogP contribution in [-0.4, -0.2) is 17.4 Å². The fourth-order valence-corrected chi connectivity index (χ4v) is 4.19. The maximum Gasteiger partial charge on any atom is 0.508 e. The first kappa shape index (κ1) is 19.1. The van der Waals surface area contributed by atoms with Crippen LogP contribution in [0.1, 0.15) is 29.5 Å². The first-order chi connectivity index (χ1) is 13.2. The second-order valence-electron chi connectivity index (χ2n) is 6.37. The van der Waals surface area contributed by atoms with E-state index in [-0.39, 0.29) is 14.2 Å². The van der Waals surface area contributed by atoms with Crippen molar-refractivity contribution in [2.45, 2.75) is 18.3 Å². The topological polar surface area (TPSA) is 46.5 Å². The van der Waals surface area contributed by atoms with Crippen molar-refractivity contribution >= 4 is 15.0 Å². The van der Waals surface area contributed by atoms with Crippen LogP contribution in [0.25, 0.3) is 0 Å². The minimum Gasteiger partial charge on any atom is -0.450 e. The minimum atomic E-state index is -1.20. The Balaban J connectivity index is 2.02. The first-order valence-electron chi connectivity index (χ1n) is 9.03. The van der Waals surface area contributed by atoms with Crippen LogP contribution in [0.4, 0.5) is 4.79 Å². The zero-order valence-corrected chi connectivity index (χ0v) is 16.0. The van der Waals surface area contributed by atoms with Gasteiger partial charge in [-0.05, 0) is 29.5 Å². The standard InChI is InChI=1S/C23H23O3P/c24-22(25)26-27-18-10-17-23(19-11-4-1-5-12-19,20-13-6-2-7-14-20)21-15-8-3-9-16-21/h1-9,11-16,27H,10,17-18H2,(H,24,25). The first-order valence-corrected chi connectivity index (χ1v) is 10.1. The number of benzene rings is 3. The van der Waals surface area contributed by atoms with Crippen LogP contribution in [0.3, 0.4) is 0 Å². The van der Waals surface area contributed by atoms with E-state index in [1.54, 1.807) is 0 Å². The van der Waals surface area contributed by atoms with Crippen molar-refractivity contribution in [2.24, 2.45) is 0 Å². The fourth-order valence-electron chi connectivity index (χ4n) is 3.64. The van der Waals surface area contributed by atoms with E-state index in [2.05, 4.69) is 72.8 Å². The normalized spacial score (nSPS) is 11.6. The number of hydrogen-bond acceptors (Lipinski definition) is 2. The van der Waals surface area contributed by atoms with Gasteiger partial charge in [0.1, 0.15) is 0 Å². The molecule has 1 atom stereocenters. The molecule has 0 aliphatic rings. The smallest absolute Gasteiger partial charge is 0.450 e. The zero-order chi connectivity index (χ0) is 19.0. The van der Waals surface area contributed by atoms with Gasteiger partial charge in [-0.1, -0.05) is 91.0 Å². The van der Waals surface area contributed by atoms with E-state index in [0.717, 1.165) is 19.0 Å². The highest BCUT2D eigenvalue weighted by molar-refractivity contribution is 7.32. The van der Waals surface area contributed by atoms with Crippen LogP contribution < -0.4 is 0 Å². The summed E-state index contributed by atoms with van der Waals surface area (Å²) in [4.78, 5) is 10.6. The number of rotatable bonds is 8. The Hall–Kier alpha value is -2.64. The van der Waals surface area contributed by atoms with Crippen molar-refractivity contribution in [3.8, 4) is 0 Å². The molecule has 3 nitrogen and oxygen atoms in total. The summed E-state index contributed by atoms with van der Waals surface area (Å²) < 4.78 is 4.72. The molecule has 0 radical (unpaired) electrons. The van der Waals surface area contributed by atoms with Gasteiger partial charge in [-0.3, -0.25) is 0 Å². The lowest BCUT2D eigenvalue weighted by molar-refractivity contribution is 0.151. The third-order valence-corrected chi connectivity index (χ3v) is 5.67. The van der Waals surface area contributed by atoms with Crippen molar-refractivity contribution in [3.63, 3.8) is 0 Å². The van der Waals surface area contributed by atoms with Gasteiger partial charge in [-0.15, -0.1) is 0 Å². The predicted molar refractivity (Wildman–Crippen MR) is 111 cm³/mol. The molecule has 0 aliphatic carbocycles. The Morgan fingerprint density at radius 1 is 0.778 bits per heavy atom. The van der Waals surface area contributed by atoms with E-state index in [1.165, 1.54) is 16.7 Å². The fraction of sp³-hybridized carbons (Fsp3) is 0.174. The third-order valence-electron chi connectivity index (χ3n) is 4.79. The van der Waals surface area contributed by atoms with Gasteiger partial charge in [0.05, 0.1) is 8.81 Å². The highest BCUT2D eigenvalue weighted by atomic mass is 31.1. The molecular formula is C23H23O3P. The molecule has 0 bridgehead atoms.